The van der Waals surface area contributed by atoms with E-state index in [0.29, 0.717) is 6.04 Å². The van der Waals surface area contributed by atoms with Gasteiger partial charge in [0.1, 0.15) is 0 Å². The molecule has 172 valence electrons. The van der Waals surface area contributed by atoms with Crippen LogP contribution in [0.15, 0.2) is 66.3 Å². The molecule has 1 heterocycles. The lowest BCUT2D eigenvalue weighted by atomic mass is 9.88. The predicted molar refractivity (Wildman–Crippen MR) is 135 cm³/mol. The molecule has 3 nitrogen and oxygen atoms in total. The van der Waals surface area contributed by atoms with E-state index in [1.165, 1.54) is 82.4 Å². The van der Waals surface area contributed by atoms with Crippen LogP contribution in [0.2, 0.25) is 0 Å². The van der Waals surface area contributed by atoms with Gasteiger partial charge in [-0.1, -0.05) is 60.7 Å². The van der Waals surface area contributed by atoms with Crippen molar-refractivity contribution in [2.45, 2.75) is 63.6 Å². The van der Waals surface area contributed by atoms with Crippen molar-refractivity contribution < 1.29 is 0 Å². The van der Waals surface area contributed by atoms with Crippen molar-refractivity contribution in [1.82, 2.24) is 14.7 Å². The molecule has 3 fully saturated rings. The number of piperazine rings is 1. The Hall–Kier alpha value is -1.68. The highest BCUT2D eigenvalue weighted by Crippen LogP contribution is 2.31. The first-order chi connectivity index (χ1) is 15.8. The van der Waals surface area contributed by atoms with Gasteiger partial charge in [-0.3, -0.25) is 9.80 Å². The first-order valence-electron chi connectivity index (χ1n) is 13.1. The minimum Gasteiger partial charge on any atom is -0.301 e. The largest absolute Gasteiger partial charge is 0.301 e. The summed E-state index contributed by atoms with van der Waals surface area (Å²) >= 11 is 0. The maximum atomic E-state index is 2.82. The van der Waals surface area contributed by atoms with E-state index in [1.54, 1.807) is 0 Å². The molecule has 5 rings (SSSR count). The zero-order valence-electron chi connectivity index (χ0n) is 19.7. The van der Waals surface area contributed by atoms with Crippen LogP contribution in [0, 0.1) is 5.92 Å². The van der Waals surface area contributed by atoms with Crippen molar-refractivity contribution in [3.63, 3.8) is 0 Å². The van der Waals surface area contributed by atoms with Crippen molar-refractivity contribution >= 4 is 0 Å². The minimum atomic E-state index is 0.702. The van der Waals surface area contributed by atoms with Crippen LogP contribution in [-0.2, 0) is 6.54 Å². The molecule has 0 aromatic heterocycles. The van der Waals surface area contributed by atoms with Gasteiger partial charge in [0.05, 0.1) is 0 Å². The van der Waals surface area contributed by atoms with Gasteiger partial charge in [-0.05, 0) is 62.0 Å². The van der Waals surface area contributed by atoms with Crippen LogP contribution >= 0.6 is 0 Å². The molecule has 1 aromatic carbocycles. The maximum absolute atomic E-state index is 2.82. The quantitative estimate of drug-likeness (QED) is 0.555. The molecule has 1 aromatic rings. The molecule has 0 N–H and O–H groups in total. The summed E-state index contributed by atoms with van der Waals surface area (Å²) in [4.78, 5) is 8.31. The molecule has 3 heteroatoms. The molecule has 1 aliphatic heterocycles. The van der Waals surface area contributed by atoms with Gasteiger partial charge in [-0.2, -0.15) is 0 Å². The predicted octanol–water partition coefficient (Wildman–Crippen LogP) is 5.27. The Morgan fingerprint density at radius 1 is 0.812 bits per heavy atom. The number of benzene rings is 1. The third-order valence-electron chi connectivity index (χ3n) is 8.01. The van der Waals surface area contributed by atoms with Gasteiger partial charge < -0.3 is 4.90 Å². The number of rotatable bonds is 8. The van der Waals surface area contributed by atoms with Gasteiger partial charge in [0.2, 0.25) is 0 Å². The summed E-state index contributed by atoms with van der Waals surface area (Å²) < 4.78 is 0. The van der Waals surface area contributed by atoms with Crippen LogP contribution in [0.5, 0.6) is 0 Å². The highest BCUT2D eigenvalue weighted by Gasteiger charge is 2.32. The van der Waals surface area contributed by atoms with E-state index >= 15 is 0 Å². The minimum absolute atomic E-state index is 0.702. The van der Waals surface area contributed by atoms with E-state index in [1.807, 2.05) is 0 Å². The molecule has 0 radical (unpaired) electrons. The number of hydrogen-bond donors (Lipinski definition) is 0. The number of allylic oxidation sites excluding steroid dienone is 4. The molecule has 1 saturated heterocycles. The van der Waals surface area contributed by atoms with E-state index in [9.17, 15) is 0 Å². The first-order valence-corrected chi connectivity index (χ1v) is 13.1. The molecular formula is C29H41N3. The Balaban J connectivity index is 1.16. The van der Waals surface area contributed by atoms with Crippen LogP contribution in [0.1, 0.15) is 50.5 Å². The molecule has 0 unspecified atom stereocenters. The van der Waals surface area contributed by atoms with Crippen molar-refractivity contribution in [2.24, 2.45) is 5.92 Å². The summed E-state index contributed by atoms with van der Waals surface area (Å²) in [5.74, 6) is 1.03. The summed E-state index contributed by atoms with van der Waals surface area (Å²) in [6.07, 6.45) is 20.8. The fourth-order valence-electron chi connectivity index (χ4n) is 5.87. The topological polar surface area (TPSA) is 9.72 Å². The van der Waals surface area contributed by atoms with Gasteiger partial charge in [0.25, 0.3) is 0 Å². The monoisotopic (exact) mass is 431 g/mol. The van der Waals surface area contributed by atoms with Crippen LogP contribution in [-0.4, -0.2) is 66.1 Å². The van der Waals surface area contributed by atoms with Crippen molar-refractivity contribution in [2.75, 3.05) is 39.3 Å². The highest BCUT2D eigenvalue weighted by molar-refractivity contribution is 5.28. The fraction of sp³-hybridized carbons (Fsp3) is 0.586. The third kappa shape index (κ3) is 6.21. The van der Waals surface area contributed by atoms with Crippen molar-refractivity contribution in [3.05, 3.63) is 71.8 Å². The normalized spacial score (nSPS) is 27.5. The second-order valence-corrected chi connectivity index (χ2v) is 10.4. The third-order valence-corrected chi connectivity index (χ3v) is 8.01. The molecule has 0 bridgehead atoms. The Kier molecular flexibility index (Phi) is 7.58. The second kappa shape index (κ2) is 11.0. The number of nitrogens with zero attached hydrogens (tertiary/aromatic N) is 3. The van der Waals surface area contributed by atoms with E-state index in [0.717, 1.165) is 31.5 Å². The average Bonchev–Trinajstić information content (AvgIpc) is 3.68. The Bertz CT molecular complexity index is 791. The molecule has 4 aliphatic rings. The first kappa shape index (κ1) is 22.1. The average molecular weight is 432 g/mol. The molecule has 2 saturated carbocycles. The van der Waals surface area contributed by atoms with Gasteiger partial charge in [0.15, 0.2) is 0 Å². The number of hydrogen-bond acceptors (Lipinski definition) is 3. The fourth-order valence-corrected chi connectivity index (χ4v) is 5.87. The zero-order valence-corrected chi connectivity index (χ0v) is 19.7. The molecule has 0 atom stereocenters. The lowest BCUT2D eigenvalue weighted by Gasteiger charge is -2.44. The highest BCUT2D eigenvalue weighted by atomic mass is 15.3. The van der Waals surface area contributed by atoms with E-state index in [-0.39, 0.29) is 0 Å². The molecule has 32 heavy (non-hydrogen) atoms. The van der Waals surface area contributed by atoms with E-state index < -0.39 is 0 Å². The standard InChI is InChI=1S/C29H41N3/c1-2-5-9-25(8-4-1)23-32(24-26-10-6-3-7-11-26)29-16-14-28(15-17-29)31-20-18-30(19-21-31)22-27-12-13-27/h1-4,6-11,27-29H,5,12-24H2. The maximum Gasteiger partial charge on any atom is 0.0240 e. The van der Waals surface area contributed by atoms with Gasteiger partial charge in [0, 0.05) is 57.9 Å². The lowest BCUT2D eigenvalue weighted by molar-refractivity contribution is 0.0551. The van der Waals surface area contributed by atoms with Crippen molar-refractivity contribution in [1.29, 1.82) is 0 Å². The Morgan fingerprint density at radius 2 is 1.59 bits per heavy atom. The van der Waals surface area contributed by atoms with Crippen LogP contribution in [0.3, 0.4) is 0 Å². The van der Waals surface area contributed by atoms with Crippen LogP contribution < -0.4 is 0 Å². The van der Waals surface area contributed by atoms with Gasteiger partial charge in [-0.25, -0.2) is 0 Å². The summed E-state index contributed by atoms with van der Waals surface area (Å²) in [5.41, 5.74) is 2.91. The van der Waals surface area contributed by atoms with E-state index in [2.05, 4.69) is 75.4 Å². The van der Waals surface area contributed by atoms with Gasteiger partial charge >= 0.3 is 0 Å². The molecule has 0 amide bonds. The summed E-state index contributed by atoms with van der Waals surface area (Å²) in [7, 11) is 0. The van der Waals surface area contributed by atoms with Crippen LogP contribution in [0.25, 0.3) is 0 Å². The van der Waals surface area contributed by atoms with E-state index in [4.69, 9.17) is 0 Å². The zero-order chi connectivity index (χ0) is 21.6. The van der Waals surface area contributed by atoms with Crippen LogP contribution in [0.4, 0.5) is 0 Å². The smallest absolute Gasteiger partial charge is 0.0240 e. The summed E-state index contributed by atoms with van der Waals surface area (Å²) in [5, 5.41) is 0. The summed E-state index contributed by atoms with van der Waals surface area (Å²) in [6, 6.07) is 12.6. The second-order valence-electron chi connectivity index (χ2n) is 10.4. The van der Waals surface area contributed by atoms with Gasteiger partial charge in [-0.15, -0.1) is 0 Å². The molecular weight excluding hydrogens is 390 g/mol. The van der Waals surface area contributed by atoms with Crippen molar-refractivity contribution in [3.8, 4) is 0 Å². The molecule has 3 aliphatic carbocycles. The Labute approximate surface area is 195 Å². The SMILES string of the molecule is C1=CCC=C(CN(Cc2ccccc2)C2CCC(N3CCN(CC4CC4)CC3)CC2)C=C1. The Morgan fingerprint density at radius 3 is 2.34 bits per heavy atom. The molecule has 0 spiro atoms. The lowest BCUT2D eigenvalue weighted by Crippen LogP contribution is -2.52. The summed E-state index contributed by atoms with van der Waals surface area (Å²) in [6.45, 7) is 8.68.